The number of hydrogen-bond donors (Lipinski definition) is 2. The van der Waals surface area contributed by atoms with Crippen LogP contribution >= 0.6 is 0 Å². The lowest BCUT2D eigenvalue weighted by Crippen LogP contribution is -2.47. The van der Waals surface area contributed by atoms with Gasteiger partial charge < -0.3 is 20.2 Å². The summed E-state index contributed by atoms with van der Waals surface area (Å²) in [6.07, 6.45) is 9.57. The second-order valence-corrected chi connectivity index (χ2v) is 11.0. The Morgan fingerprint density at radius 1 is 0.914 bits per heavy atom. The van der Waals surface area contributed by atoms with Crippen LogP contribution in [0.15, 0.2) is 54.6 Å². The molecule has 0 bridgehead atoms. The molecule has 5 nitrogen and oxygen atoms in total. The van der Waals surface area contributed by atoms with Gasteiger partial charge in [0.1, 0.15) is 0 Å². The van der Waals surface area contributed by atoms with Crippen LogP contribution in [0.3, 0.4) is 0 Å². The summed E-state index contributed by atoms with van der Waals surface area (Å²) in [5.74, 6) is 0.315. The lowest BCUT2D eigenvalue weighted by Gasteiger charge is -2.37. The van der Waals surface area contributed by atoms with Gasteiger partial charge in [-0.2, -0.15) is 0 Å². The number of aliphatic hydroxyl groups is 1. The lowest BCUT2D eigenvalue weighted by atomic mass is 9.78. The van der Waals surface area contributed by atoms with E-state index in [2.05, 4.69) is 52.7 Å². The minimum Gasteiger partial charge on any atom is -0.396 e. The molecular weight excluding hydrogens is 434 g/mol. The fourth-order valence-corrected chi connectivity index (χ4v) is 6.49. The number of carbonyl (C=O) groups is 1. The fourth-order valence-electron chi connectivity index (χ4n) is 6.49. The number of amides is 1. The normalized spacial score (nSPS) is 22.9. The molecule has 0 spiro atoms. The molecule has 2 aliphatic heterocycles. The Kier molecular flexibility index (Phi) is 7.74. The highest BCUT2D eigenvalue weighted by Gasteiger charge is 2.36. The summed E-state index contributed by atoms with van der Waals surface area (Å²) in [6.45, 7) is 4.82. The van der Waals surface area contributed by atoms with E-state index >= 15 is 0 Å². The predicted octanol–water partition coefficient (Wildman–Crippen LogP) is 4.60. The molecule has 1 amide bonds. The third-order valence-corrected chi connectivity index (χ3v) is 8.71. The summed E-state index contributed by atoms with van der Waals surface area (Å²) in [5, 5.41) is 13.4. The van der Waals surface area contributed by atoms with Gasteiger partial charge in [-0.1, -0.05) is 43.2 Å². The van der Waals surface area contributed by atoms with E-state index in [0.717, 1.165) is 57.4 Å². The zero-order valence-electron chi connectivity index (χ0n) is 21.0. The van der Waals surface area contributed by atoms with Gasteiger partial charge in [0, 0.05) is 62.0 Å². The fraction of sp³-hybridized carbons (Fsp3) is 0.567. The number of rotatable bonds is 7. The van der Waals surface area contributed by atoms with Gasteiger partial charge in [0.2, 0.25) is 0 Å². The number of nitrogens with zero attached hydrogens (tertiary/aromatic N) is 2. The summed E-state index contributed by atoms with van der Waals surface area (Å²) in [5.41, 5.74) is 3.79. The maximum Gasteiger partial charge on any atom is 0.253 e. The van der Waals surface area contributed by atoms with Crippen LogP contribution in [-0.2, 0) is 5.41 Å². The Balaban J connectivity index is 1.12. The van der Waals surface area contributed by atoms with Crippen LogP contribution in [0.2, 0.25) is 0 Å². The minimum absolute atomic E-state index is 0.0943. The van der Waals surface area contributed by atoms with E-state index in [1.165, 1.54) is 36.9 Å². The number of nitrogens with one attached hydrogen (secondary N) is 1. The van der Waals surface area contributed by atoms with Crippen molar-refractivity contribution in [2.75, 3.05) is 44.2 Å². The van der Waals surface area contributed by atoms with Gasteiger partial charge in [-0.3, -0.25) is 4.79 Å². The van der Waals surface area contributed by atoms with E-state index < -0.39 is 0 Å². The second-order valence-electron chi connectivity index (χ2n) is 11.0. The van der Waals surface area contributed by atoms with E-state index in [1.807, 2.05) is 17.0 Å². The number of hydrogen-bond acceptors (Lipinski definition) is 4. The van der Waals surface area contributed by atoms with E-state index in [-0.39, 0.29) is 18.4 Å². The highest BCUT2D eigenvalue weighted by atomic mass is 16.3. The van der Waals surface area contributed by atoms with E-state index in [0.29, 0.717) is 18.0 Å². The van der Waals surface area contributed by atoms with Gasteiger partial charge in [-0.05, 0) is 74.3 Å². The van der Waals surface area contributed by atoms with Gasteiger partial charge in [0.15, 0.2) is 0 Å². The van der Waals surface area contributed by atoms with Crippen molar-refractivity contribution in [2.24, 2.45) is 5.92 Å². The number of likely N-dealkylation sites (tertiary alicyclic amines) is 1. The molecule has 2 aromatic carbocycles. The van der Waals surface area contributed by atoms with Crippen molar-refractivity contribution >= 4 is 11.6 Å². The van der Waals surface area contributed by atoms with E-state index in [9.17, 15) is 9.90 Å². The van der Waals surface area contributed by atoms with Gasteiger partial charge in [-0.15, -0.1) is 0 Å². The maximum absolute atomic E-state index is 12.9. The van der Waals surface area contributed by atoms with E-state index in [4.69, 9.17) is 0 Å². The number of piperidine rings is 2. The van der Waals surface area contributed by atoms with Crippen molar-refractivity contribution in [1.29, 1.82) is 0 Å². The van der Waals surface area contributed by atoms with Crippen LogP contribution < -0.4 is 10.2 Å². The molecule has 188 valence electrons. The summed E-state index contributed by atoms with van der Waals surface area (Å²) in [4.78, 5) is 17.3. The van der Waals surface area contributed by atoms with Crippen LogP contribution in [0.5, 0.6) is 0 Å². The molecule has 1 atom stereocenters. The molecule has 3 fully saturated rings. The Labute approximate surface area is 210 Å². The molecule has 0 radical (unpaired) electrons. The van der Waals surface area contributed by atoms with Crippen molar-refractivity contribution in [3.05, 3.63) is 65.7 Å². The van der Waals surface area contributed by atoms with Crippen LogP contribution in [0.25, 0.3) is 0 Å². The van der Waals surface area contributed by atoms with E-state index in [1.54, 1.807) is 0 Å². The quantitative estimate of drug-likeness (QED) is 0.615. The second kappa shape index (κ2) is 11.1. The minimum atomic E-state index is 0.0943. The zero-order chi connectivity index (χ0) is 24.1. The number of carbonyl (C=O) groups excluding carboxylic acids is 1. The molecule has 2 saturated heterocycles. The molecule has 0 unspecified atom stereocenters. The summed E-state index contributed by atoms with van der Waals surface area (Å²) in [7, 11) is 0. The largest absolute Gasteiger partial charge is 0.396 e. The topological polar surface area (TPSA) is 55.8 Å². The molecule has 5 rings (SSSR count). The van der Waals surface area contributed by atoms with Gasteiger partial charge in [0.05, 0.1) is 0 Å². The monoisotopic (exact) mass is 475 g/mol. The molecule has 2 heterocycles. The van der Waals surface area contributed by atoms with Gasteiger partial charge in [-0.25, -0.2) is 0 Å². The van der Waals surface area contributed by atoms with Gasteiger partial charge in [0.25, 0.3) is 5.91 Å². The third kappa shape index (κ3) is 5.57. The summed E-state index contributed by atoms with van der Waals surface area (Å²) >= 11 is 0. The Morgan fingerprint density at radius 3 is 2.31 bits per heavy atom. The van der Waals surface area contributed by atoms with Crippen LogP contribution in [0, 0.1) is 5.92 Å². The van der Waals surface area contributed by atoms with Crippen molar-refractivity contribution in [2.45, 2.75) is 62.8 Å². The number of aliphatic hydroxyl groups excluding tert-OH is 1. The Hall–Kier alpha value is -2.37. The lowest BCUT2D eigenvalue weighted by molar-refractivity contribution is 0.0620. The molecular formula is C30H41N3O2. The van der Waals surface area contributed by atoms with Gasteiger partial charge >= 0.3 is 0 Å². The van der Waals surface area contributed by atoms with Crippen molar-refractivity contribution in [3.8, 4) is 0 Å². The summed E-state index contributed by atoms with van der Waals surface area (Å²) < 4.78 is 0. The van der Waals surface area contributed by atoms with Crippen LogP contribution in [0.4, 0.5) is 5.69 Å². The average molecular weight is 476 g/mol. The maximum atomic E-state index is 12.9. The molecule has 3 aliphatic rings. The van der Waals surface area contributed by atoms with Crippen LogP contribution in [0.1, 0.15) is 67.3 Å². The first-order chi connectivity index (χ1) is 17.2. The molecule has 5 heteroatoms. The summed E-state index contributed by atoms with van der Waals surface area (Å²) in [6, 6.07) is 19.9. The molecule has 1 saturated carbocycles. The first-order valence-electron chi connectivity index (χ1n) is 13.7. The molecule has 2 N–H and O–H groups in total. The Bertz CT molecular complexity index is 947. The Morgan fingerprint density at radius 2 is 1.63 bits per heavy atom. The SMILES string of the molecule is O=C(c1ccc(N2CCC(NCC3(c4ccccc4)CCCC3)CC2)cc1)N1CCC[C@H](CO)C1. The highest BCUT2D eigenvalue weighted by molar-refractivity contribution is 5.94. The van der Waals surface area contributed by atoms with Crippen LogP contribution in [-0.4, -0.2) is 61.3 Å². The van der Waals surface area contributed by atoms with Crippen molar-refractivity contribution in [1.82, 2.24) is 10.2 Å². The standard InChI is InChI=1S/C30H41N3O2/c34-22-24-7-6-18-33(21-24)29(35)25-10-12-28(13-11-25)32-19-14-27(15-20-32)31-23-30(16-4-5-17-30)26-8-2-1-3-9-26/h1-3,8-13,24,27,31,34H,4-7,14-23H2/t24-/m0/s1. The molecule has 0 aromatic heterocycles. The first kappa shape index (κ1) is 24.3. The average Bonchev–Trinajstić information content (AvgIpc) is 3.43. The molecule has 1 aliphatic carbocycles. The smallest absolute Gasteiger partial charge is 0.253 e. The predicted molar refractivity (Wildman–Crippen MR) is 142 cm³/mol. The first-order valence-corrected chi connectivity index (χ1v) is 13.7. The van der Waals surface area contributed by atoms with Crippen molar-refractivity contribution < 1.29 is 9.90 Å². The molecule has 2 aromatic rings. The third-order valence-electron chi connectivity index (χ3n) is 8.71. The number of benzene rings is 2. The highest BCUT2D eigenvalue weighted by Crippen LogP contribution is 2.40. The van der Waals surface area contributed by atoms with Crippen molar-refractivity contribution in [3.63, 3.8) is 0 Å². The molecule has 35 heavy (non-hydrogen) atoms. The number of anilines is 1. The zero-order valence-corrected chi connectivity index (χ0v) is 21.0.